The van der Waals surface area contributed by atoms with Gasteiger partial charge in [-0.15, -0.1) is 0 Å². The molecule has 0 bridgehead atoms. The van der Waals surface area contributed by atoms with Crippen LogP contribution < -0.4 is 5.32 Å². The Morgan fingerprint density at radius 3 is 2.27 bits per heavy atom. The van der Waals surface area contributed by atoms with Crippen molar-refractivity contribution in [2.75, 3.05) is 32.4 Å². The molecule has 0 spiro atoms. The van der Waals surface area contributed by atoms with Gasteiger partial charge in [0.1, 0.15) is 5.76 Å². The SMILES string of the molecule is CCN(C(=O)Cc1ccc(S(C)(=O)=O)cc1)C1CCN(CC[C@H](NC(=O)c2ccc(C)o2)c2ccccc2)CC1. The normalized spacial score (nSPS) is 15.5. The summed E-state index contributed by atoms with van der Waals surface area (Å²) >= 11 is 0. The molecule has 2 aromatic carbocycles. The van der Waals surface area contributed by atoms with Crippen molar-refractivity contribution in [1.29, 1.82) is 0 Å². The number of hydrogen-bond donors (Lipinski definition) is 1. The second kappa shape index (κ2) is 13.3. The summed E-state index contributed by atoms with van der Waals surface area (Å²) in [6, 6.07) is 20.1. The van der Waals surface area contributed by atoms with E-state index in [2.05, 4.69) is 10.2 Å². The summed E-state index contributed by atoms with van der Waals surface area (Å²) in [5.41, 5.74) is 1.87. The highest BCUT2D eigenvalue weighted by molar-refractivity contribution is 7.90. The van der Waals surface area contributed by atoms with E-state index >= 15 is 0 Å². The summed E-state index contributed by atoms with van der Waals surface area (Å²) in [6.07, 6.45) is 3.98. The zero-order valence-electron chi connectivity index (χ0n) is 23.5. The van der Waals surface area contributed by atoms with Gasteiger partial charge in [0, 0.05) is 38.5 Å². The van der Waals surface area contributed by atoms with Gasteiger partial charge >= 0.3 is 0 Å². The summed E-state index contributed by atoms with van der Waals surface area (Å²) in [6.45, 7) is 7.05. The minimum absolute atomic E-state index is 0.0630. The maximum absolute atomic E-state index is 13.1. The van der Waals surface area contributed by atoms with Crippen LogP contribution in [0.15, 0.2) is 76.0 Å². The molecule has 3 aromatic rings. The molecule has 1 fully saturated rings. The molecule has 214 valence electrons. The van der Waals surface area contributed by atoms with Gasteiger partial charge in [-0.05, 0) is 68.5 Å². The Balaban J connectivity index is 1.30. The predicted molar refractivity (Wildman–Crippen MR) is 155 cm³/mol. The van der Waals surface area contributed by atoms with Crippen molar-refractivity contribution in [3.63, 3.8) is 0 Å². The predicted octanol–water partition coefficient (Wildman–Crippen LogP) is 4.41. The Bertz CT molecular complexity index is 1380. The Morgan fingerprint density at radius 1 is 1.02 bits per heavy atom. The van der Waals surface area contributed by atoms with E-state index in [4.69, 9.17) is 4.42 Å². The van der Waals surface area contributed by atoms with Gasteiger partial charge in [-0.25, -0.2) is 8.42 Å². The Labute approximate surface area is 237 Å². The highest BCUT2D eigenvalue weighted by Gasteiger charge is 2.28. The van der Waals surface area contributed by atoms with E-state index in [0.29, 0.717) is 18.1 Å². The number of rotatable bonds is 11. The molecule has 8 nitrogen and oxygen atoms in total. The average Bonchev–Trinajstić information content (AvgIpc) is 3.39. The van der Waals surface area contributed by atoms with Crippen LogP contribution in [0, 0.1) is 6.92 Å². The number of hydrogen-bond acceptors (Lipinski definition) is 6. The van der Waals surface area contributed by atoms with Crippen molar-refractivity contribution in [3.05, 3.63) is 89.4 Å². The number of aryl methyl sites for hydroxylation is 1. The molecule has 9 heteroatoms. The lowest BCUT2D eigenvalue weighted by Gasteiger charge is -2.38. The smallest absolute Gasteiger partial charge is 0.287 e. The van der Waals surface area contributed by atoms with Crippen LogP contribution >= 0.6 is 0 Å². The number of piperidine rings is 1. The fourth-order valence-corrected chi connectivity index (χ4v) is 5.96. The van der Waals surface area contributed by atoms with E-state index < -0.39 is 9.84 Å². The number of nitrogens with zero attached hydrogens (tertiary/aromatic N) is 2. The van der Waals surface area contributed by atoms with Gasteiger partial charge in [0.25, 0.3) is 5.91 Å². The molecule has 0 unspecified atom stereocenters. The number of carbonyl (C=O) groups excluding carboxylic acids is 2. The minimum atomic E-state index is -3.26. The molecule has 0 radical (unpaired) electrons. The van der Waals surface area contributed by atoms with Crippen LogP contribution in [0.4, 0.5) is 0 Å². The molecule has 0 saturated carbocycles. The zero-order valence-corrected chi connectivity index (χ0v) is 24.3. The van der Waals surface area contributed by atoms with Crippen molar-refractivity contribution in [2.45, 2.75) is 56.5 Å². The topological polar surface area (TPSA) is 99.9 Å². The van der Waals surface area contributed by atoms with Gasteiger partial charge in [-0.3, -0.25) is 9.59 Å². The highest BCUT2D eigenvalue weighted by Crippen LogP contribution is 2.22. The molecule has 40 heavy (non-hydrogen) atoms. The van der Waals surface area contributed by atoms with Crippen molar-refractivity contribution in [3.8, 4) is 0 Å². The molecule has 1 aliphatic rings. The minimum Gasteiger partial charge on any atom is -0.456 e. The van der Waals surface area contributed by atoms with E-state index in [-0.39, 0.29) is 35.2 Å². The van der Waals surface area contributed by atoms with Crippen molar-refractivity contribution >= 4 is 21.7 Å². The maximum Gasteiger partial charge on any atom is 0.287 e. The first kappa shape index (κ1) is 29.6. The maximum atomic E-state index is 13.1. The number of likely N-dealkylation sites (N-methyl/N-ethyl adjacent to an activating group) is 1. The molecule has 2 heterocycles. The average molecular weight is 566 g/mol. The van der Waals surface area contributed by atoms with Crippen LogP contribution in [-0.4, -0.2) is 68.5 Å². The first-order valence-corrected chi connectivity index (χ1v) is 15.8. The number of amides is 2. The number of furan rings is 1. The third kappa shape index (κ3) is 7.82. The highest BCUT2D eigenvalue weighted by atomic mass is 32.2. The zero-order chi connectivity index (χ0) is 28.7. The first-order valence-electron chi connectivity index (χ1n) is 13.9. The fourth-order valence-electron chi connectivity index (χ4n) is 5.33. The van der Waals surface area contributed by atoms with Gasteiger partial charge in [0.05, 0.1) is 17.4 Å². The van der Waals surface area contributed by atoms with Crippen LogP contribution in [-0.2, 0) is 21.1 Å². The summed E-state index contributed by atoms with van der Waals surface area (Å²) in [5, 5.41) is 3.14. The molecular formula is C31H39N3O5S. The van der Waals surface area contributed by atoms with Crippen LogP contribution in [0.1, 0.15) is 59.7 Å². The summed E-state index contributed by atoms with van der Waals surface area (Å²) in [7, 11) is -3.26. The fraction of sp³-hybridized carbons (Fsp3) is 0.419. The van der Waals surface area contributed by atoms with Crippen molar-refractivity contribution in [2.24, 2.45) is 0 Å². The lowest BCUT2D eigenvalue weighted by molar-refractivity contribution is -0.133. The van der Waals surface area contributed by atoms with Crippen molar-refractivity contribution < 1.29 is 22.4 Å². The lowest BCUT2D eigenvalue weighted by Crippen LogP contribution is -2.48. The summed E-state index contributed by atoms with van der Waals surface area (Å²) in [4.78, 5) is 30.6. The molecule has 1 aromatic heterocycles. The number of benzene rings is 2. The van der Waals surface area contributed by atoms with Crippen LogP contribution in [0.2, 0.25) is 0 Å². The van der Waals surface area contributed by atoms with Gasteiger partial charge in [-0.2, -0.15) is 0 Å². The van der Waals surface area contributed by atoms with E-state index in [1.54, 1.807) is 36.4 Å². The van der Waals surface area contributed by atoms with Gasteiger partial charge in [0.2, 0.25) is 5.91 Å². The van der Waals surface area contributed by atoms with Crippen LogP contribution in [0.25, 0.3) is 0 Å². The number of sulfone groups is 1. The van der Waals surface area contributed by atoms with E-state index in [1.807, 2.05) is 49.1 Å². The Morgan fingerprint density at radius 2 is 1.70 bits per heavy atom. The molecule has 0 aliphatic carbocycles. The molecule has 1 atom stereocenters. The van der Waals surface area contributed by atoms with E-state index in [9.17, 15) is 18.0 Å². The number of nitrogens with one attached hydrogen (secondary N) is 1. The van der Waals surface area contributed by atoms with Crippen LogP contribution in [0.3, 0.4) is 0 Å². The Kier molecular flexibility index (Phi) is 9.81. The third-order valence-corrected chi connectivity index (χ3v) is 8.70. The number of carbonyl (C=O) groups is 2. The third-order valence-electron chi connectivity index (χ3n) is 7.57. The molecule has 2 amide bonds. The largest absolute Gasteiger partial charge is 0.456 e. The standard InChI is InChI=1S/C31H39N3O5S/c1-4-34(30(35)22-24-11-13-27(14-12-24)40(3,37)38)26-16-19-33(20-17-26)21-18-28(25-8-6-5-7-9-25)32-31(36)29-15-10-23(2)39-29/h5-15,26,28H,4,16-22H2,1-3H3,(H,32,36)/t28-/m0/s1. The molecule has 4 rings (SSSR count). The quantitative estimate of drug-likeness (QED) is 0.370. The van der Waals surface area contributed by atoms with E-state index in [0.717, 1.165) is 50.0 Å². The monoisotopic (exact) mass is 565 g/mol. The van der Waals surface area contributed by atoms with Crippen LogP contribution in [0.5, 0.6) is 0 Å². The molecule has 1 N–H and O–H groups in total. The lowest BCUT2D eigenvalue weighted by atomic mass is 9.99. The second-order valence-electron chi connectivity index (χ2n) is 10.5. The summed E-state index contributed by atoms with van der Waals surface area (Å²) < 4.78 is 28.9. The number of likely N-dealkylation sites (tertiary alicyclic amines) is 1. The first-order chi connectivity index (χ1) is 19.1. The van der Waals surface area contributed by atoms with Gasteiger partial charge in [0.15, 0.2) is 15.6 Å². The molecular weight excluding hydrogens is 526 g/mol. The van der Waals surface area contributed by atoms with Crippen molar-refractivity contribution in [1.82, 2.24) is 15.1 Å². The van der Waals surface area contributed by atoms with Gasteiger partial charge in [-0.1, -0.05) is 42.5 Å². The second-order valence-corrected chi connectivity index (χ2v) is 12.5. The Hall–Kier alpha value is -3.43. The molecule has 1 aliphatic heterocycles. The van der Waals surface area contributed by atoms with Gasteiger partial charge < -0.3 is 19.5 Å². The molecule has 1 saturated heterocycles. The summed E-state index contributed by atoms with van der Waals surface area (Å²) in [5.74, 6) is 0.862. The van der Waals surface area contributed by atoms with E-state index in [1.165, 1.54) is 6.26 Å².